The fourth-order valence-electron chi connectivity index (χ4n) is 0.837. The molecule has 1 unspecified atom stereocenters. The van der Waals surface area contributed by atoms with Crippen LogP contribution in [0.15, 0.2) is 10.7 Å². The Morgan fingerprint density at radius 2 is 2.38 bits per heavy atom. The summed E-state index contributed by atoms with van der Waals surface area (Å²) in [5.74, 6) is 1.54. The van der Waals surface area contributed by atoms with Crippen LogP contribution in [0.1, 0.15) is 12.7 Å². The van der Waals surface area contributed by atoms with Crippen molar-refractivity contribution in [3.63, 3.8) is 0 Å². The summed E-state index contributed by atoms with van der Waals surface area (Å²) in [5.41, 5.74) is 5.61. The van der Waals surface area contributed by atoms with Crippen LogP contribution in [0, 0.1) is 6.92 Å². The first kappa shape index (κ1) is 10.4. The molecule has 0 saturated carbocycles. The molecule has 4 nitrogen and oxygen atoms in total. The van der Waals surface area contributed by atoms with Crippen LogP contribution in [0.4, 0.5) is 5.82 Å². The van der Waals surface area contributed by atoms with Crippen molar-refractivity contribution in [1.29, 1.82) is 0 Å². The van der Waals surface area contributed by atoms with Crippen LogP contribution in [0.5, 0.6) is 0 Å². The summed E-state index contributed by atoms with van der Waals surface area (Å²) in [7, 11) is 0. The maximum absolute atomic E-state index is 5.61. The maximum Gasteiger partial charge on any atom is 0.144 e. The second kappa shape index (κ2) is 4.53. The predicted molar refractivity (Wildman–Crippen MR) is 56.6 cm³/mol. The van der Waals surface area contributed by atoms with Gasteiger partial charge in [0.2, 0.25) is 0 Å². The number of nitrogens with one attached hydrogen (secondary N) is 1. The van der Waals surface area contributed by atoms with Crippen LogP contribution in [0.25, 0.3) is 0 Å². The van der Waals surface area contributed by atoms with Crippen molar-refractivity contribution in [2.45, 2.75) is 19.9 Å². The van der Waals surface area contributed by atoms with Crippen molar-refractivity contribution in [1.82, 2.24) is 9.97 Å². The molecule has 72 valence electrons. The summed E-state index contributed by atoms with van der Waals surface area (Å²) in [6.45, 7) is 4.49. The molecule has 0 fully saturated rings. The Kier molecular flexibility index (Phi) is 3.62. The number of nitrogens with two attached hydrogens (primary N) is 1. The lowest BCUT2D eigenvalue weighted by atomic mass is 10.3. The van der Waals surface area contributed by atoms with E-state index in [0.717, 1.165) is 16.1 Å². The Morgan fingerprint density at radius 3 is 3.00 bits per heavy atom. The molecule has 1 aromatic rings. The number of aryl methyl sites for hydroxylation is 1. The quantitative estimate of drug-likeness (QED) is 0.842. The lowest BCUT2D eigenvalue weighted by molar-refractivity contribution is 0.775. The SMILES string of the molecule is Cc1ncc(Br)c(NCC(C)N)n1. The van der Waals surface area contributed by atoms with Gasteiger partial charge in [-0.3, -0.25) is 0 Å². The molecule has 1 heterocycles. The summed E-state index contributed by atoms with van der Waals surface area (Å²) in [5, 5.41) is 3.13. The van der Waals surface area contributed by atoms with E-state index in [0.29, 0.717) is 6.54 Å². The van der Waals surface area contributed by atoms with Crippen molar-refractivity contribution in [3.8, 4) is 0 Å². The summed E-state index contributed by atoms with van der Waals surface area (Å²) in [6.07, 6.45) is 1.73. The van der Waals surface area contributed by atoms with E-state index >= 15 is 0 Å². The Labute approximate surface area is 86.1 Å². The van der Waals surface area contributed by atoms with Gasteiger partial charge in [-0.2, -0.15) is 0 Å². The molecule has 3 N–H and O–H groups in total. The van der Waals surface area contributed by atoms with Gasteiger partial charge in [0.1, 0.15) is 11.6 Å². The third-order valence-corrected chi connectivity index (χ3v) is 2.04. The zero-order valence-corrected chi connectivity index (χ0v) is 9.30. The normalized spacial score (nSPS) is 12.6. The van der Waals surface area contributed by atoms with Crippen LogP contribution in [0.2, 0.25) is 0 Å². The van der Waals surface area contributed by atoms with Gasteiger partial charge in [-0.25, -0.2) is 9.97 Å². The minimum atomic E-state index is 0.113. The number of hydrogen-bond donors (Lipinski definition) is 2. The maximum atomic E-state index is 5.61. The summed E-state index contributed by atoms with van der Waals surface area (Å²) >= 11 is 3.35. The van der Waals surface area contributed by atoms with E-state index in [4.69, 9.17) is 5.73 Å². The highest BCUT2D eigenvalue weighted by Gasteiger charge is 2.02. The molecule has 0 saturated heterocycles. The van der Waals surface area contributed by atoms with Gasteiger partial charge in [-0.15, -0.1) is 0 Å². The monoisotopic (exact) mass is 244 g/mol. The second-order valence-electron chi connectivity index (χ2n) is 2.97. The summed E-state index contributed by atoms with van der Waals surface area (Å²) in [4.78, 5) is 8.26. The van der Waals surface area contributed by atoms with Crippen LogP contribution in [-0.4, -0.2) is 22.6 Å². The molecule has 0 aliphatic rings. The van der Waals surface area contributed by atoms with Gasteiger partial charge in [0.05, 0.1) is 4.47 Å². The first-order chi connectivity index (χ1) is 6.09. The molecule has 5 heteroatoms. The molecule has 1 aromatic heterocycles. The third kappa shape index (κ3) is 3.28. The zero-order valence-electron chi connectivity index (χ0n) is 7.71. The fraction of sp³-hybridized carbons (Fsp3) is 0.500. The molecular weight excluding hydrogens is 232 g/mol. The molecular formula is C8H13BrN4. The molecule has 0 spiro atoms. The molecule has 0 aromatic carbocycles. The van der Waals surface area contributed by atoms with Crippen molar-refractivity contribution in [2.75, 3.05) is 11.9 Å². The minimum absolute atomic E-state index is 0.113. The molecule has 0 amide bonds. The van der Waals surface area contributed by atoms with Crippen LogP contribution < -0.4 is 11.1 Å². The van der Waals surface area contributed by atoms with Gasteiger partial charge in [0, 0.05) is 18.8 Å². The molecule has 0 bridgehead atoms. The average Bonchev–Trinajstić information content (AvgIpc) is 2.06. The lowest BCUT2D eigenvalue weighted by Crippen LogP contribution is -2.25. The van der Waals surface area contributed by atoms with E-state index in [1.54, 1.807) is 6.20 Å². The Balaban J connectivity index is 2.70. The number of hydrogen-bond acceptors (Lipinski definition) is 4. The van der Waals surface area contributed by atoms with Crippen molar-refractivity contribution in [3.05, 3.63) is 16.5 Å². The lowest BCUT2D eigenvalue weighted by Gasteiger charge is -2.09. The molecule has 0 radical (unpaired) electrons. The number of halogens is 1. The van der Waals surface area contributed by atoms with Gasteiger partial charge in [0.25, 0.3) is 0 Å². The van der Waals surface area contributed by atoms with Crippen LogP contribution in [-0.2, 0) is 0 Å². The Bertz CT molecular complexity index is 287. The van der Waals surface area contributed by atoms with Crippen molar-refractivity contribution in [2.24, 2.45) is 5.73 Å². The molecule has 0 aliphatic heterocycles. The van der Waals surface area contributed by atoms with Gasteiger partial charge >= 0.3 is 0 Å². The number of aromatic nitrogens is 2. The van der Waals surface area contributed by atoms with E-state index in [9.17, 15) is 0 Å². The second-order valence-corrected chi connectivity index (χ2v) is 3.83. The highest BCUT2D eigenvalue weighted by Crippen LogP contribution is 2.17. The number of rotatable bonds is 3. The van der Waals surface area contributed by atoms with Crippen molar-refractivity contribution < 1.29 is 0 Å². The van der Waals surface area contributed by atoms with Crippen LogP contribution in [0.3, 0.4) is 0 Å². The summed E-state index contributed by atoms with van der Waals surface area (Å²) < 4.78 is 0.860. The summed E-state index contributed by atoms with van der Waals surface area (Å²) in [6, 6.07) is 0.113. The van der Waals surface area contributed by atoms with E-state index in [-0.39, 0.29) is 6.04 Å². The first-order valence-electron chi connectivity index (χ1n) is 4.08. The minimum Gasteiger partial charge on any atom is -0.367 e. The number of nitrogens with zero attached hydrogens (tertiary/aromatic N) is 2. The molecule has 1 atom stereocenters. The smallest absolute Gasteiger partial charge is 0.144 e. The van der Waals surface area contributed by atoms with Crippen molar-refractivity contribution >= 4 is 21.7 Å². The van der Waals surface area contributed by atoms with E-state index in [2.05, 4.69) is 31.2 Å². The third-order valence-electron chi connectivity index (χ3n) is 1.46. The van der Waals surface area contributed by atoms with Gasteiger partial charge in [0.15, 0.2) is 0 Å². The van der Waals surface area contributed by atoms with Gasteiger partial charge < -0.3 is 11.1 Å². The number of anilines is 1. The Morgan fingerprint density at radius 1 is 1.69 bits per heavy atom. The zero-order chi connectivity index (χ0) is 9.84. The van der Waals surface area contributed by atoms with Gasteiger partial charge in [-0.05, 0) is 29.8 Å². The van der Waals surface area contributed by atoms with E-state index in [1.165, 1.54) is 0 Å². The standard InChI is InChI=1S/C8H13BrN4/c1-5(10)3-12-8-7(9)4-11-6(2)13-8/h4-5H,3,10H2,1-2H3,(H,11,12,13). The fourth-order valence-corrected chi connectivity index (χ4v) is 1.17. The highest BCUT2D eigenvalue weighted by atomic mass is 79.9. The Hall–Kier alpha value is -0.680. The molecule has 1 rings (SSSR count). The van der Waals surface area contributed by atoms with Gasteiger partial charge in [-0.1, -0.05) is 0 Å². The predicted octanol–water partition coefficient (Wildman–Crippen LogP) is 1.31. The topological polar surface area (TPSA) is 63.8 Å². The largest absolute Gasteiger partial charge is 0.367 e. The molecule has 13 heavy (non-hydrogen) atoms. The first-order valence-corrected chi connectivity index (χ1v) is 4.87. The van der Waals surface area contributed by atoms with Crippen LogP contribution >= 0.6 is 15.9 Å². The van der Waals surface area contributed by atoms with E-state index < -0.39 is 0 Å². The molecule has 0 aliphatic carbocycles. The average molecular weight is 245 g/mol. The highest BCUT2D eigenvalue weighted by molar-refractivity contribution is 9.10. The van der Waals surface area contributed by atoms with E-state index in [1.807, 2.05) is 13.8 Å².